The van der Waals surface area contributed by atoms with Crippen molar-refractivity contribution in [2.45, 2.75) is 38.1 Å². The van der Waals surface area contributed by atoms with Gasteiger partial charge in [-0.05, 0) is 65.4 Å². The van der Waals surface area contributed by atoms with E-state index in [4.69, 9.17) is 18.9 Å². The Balaban J connectivity index is 1.66. The molecule has 2 aromatic rings. The number of rotatable bonds is 11. The van der Waals surface area contributed by atoms with Crippen LogP contribution >= 0.6 is 22.6 Å². The van der Waals surface area contributed by atoms with Crippen molar-refractivity contribution in [3.8, 4) is 17.2 Å². The molecule has 3 N–H and O–H groups in total. The Morgan fingerprint density at radius 2 is 1.97 bits per heavy atom. The van der Waals surface area contributed by atoms with Crippen LogP contribution in [0, 0.1) is 3.57 Å². The Hall–Kier alpha value is -2.87. The molecule has 38 heavy (non-hydrogen) atoms. The number of carbonyl (C=O) groups excluding carboxylic acids is 2. The predicted molar refractivity (Wildman–Crippen MR) is 146 cm³/mol. The van der Waals surface area contributed by atoms with Gasteiger partial charge in [-0.15, -0.1) is 0 Å². The molecule has 0 fully saturated rings. The summed E-state index contributed by atoms with van der Waals surface area (Å²) in [6.07, 6.45) is -0.367. The van der Waals surface area contributed by atoms with E-state index in [2.05, 4.69) is 27.9 Å². The quantitative estimate of drug-likeness (QED) is 0.320. The number of hydrogen-bond acceptors (Lipinski definition) is 8. The third kappa shape index (κ3) is 6.76. The van der Waals surface area contributed by atoms with E-state index >= 15 is 0 Å². The van der Waals surface area contributed by atoms with Gasteiger partial charge in [-0.25, -0.2) is 0 Å². The minimum atomic E-state index is -1.14. The SMILES string of the molecule is CCOCC(=O)N(Cc1ccc2c(c1)OCO2)[C@@H]1CC(C(=O)NCCO)=C[C@H](Oc2ccccc2I)[C@H]1O. The first kappa shape index (κ1) is 28.1. The summed E-state index contributed by atoms with van der Waals surface area (Å²) >= 11 is 2.14. The topological polar surface area (TPSA) is 127 Å². The first-order valence-electron chi connectivity index (χ1n) is 12.4. The summed E-state index contributed by atoms with van der Waals surface area (Å²) in [5.74, 6) is 1.02. The Morgan fingerprint density at radius 3 is 2.74 bits per heavy atom. The molecule has 1 heterocycles. The smallest absolute Gasteiger partial charge is 0.249 e. The molecule has 0 aromatic heterocycles. The molecule has 0 bridgehead atoms. The van der Waals surface area contributed by atoms with Crippen LogP contribution in [0.3, 0.4) is 0 Å². The summed E-state index contributed by atoms with van der Waals surface area (Å²) in [6, 6.07) is 12.0. The lowest BCUT2D eigenvalue weighted by atomic mass is 9.87. The van der Waals surface area contributed by atoms with Crippen molar-refractivity contribution in [1.29, 1.82) is 0 Å². The minimum absolute atomic E-state index is 0.0791. The highest BCUT2D eigenvalue weighted by Gasteiger charge is 2.40. The van der Waals surface area contributed by atoms with E-state index in [1.54, 1.807) is 31.2 Å². The Kier molecular flexibility index (Phi) is 9.83. The molecule has 2 amide bonds. The van der Waals surface area contributed by atoms with Crippen LogP contribution in [0.25, 0.3) is 0 Å². The summed E-state index contributed by atoms with van der Waals surface area (Å²) in [6.45, 7) is 2.10. The molecule has 0 saturated carbocycles. The Bertz CT molecular complexity index is 1170. The number of halogens is 1. The second-order valence-electron chi connectivity index (χ2n) is 8.79. The number of benzene rings is 2. The maximum Gasteiger partial charge on any atom is 0.249 e. The molecule has 0 radical (unpaired) electrons. The fraction of sp³-hybridized carbons (Fsp3) is 0.407. The third-order valence-corrected chi connectivity index (χ3v) is 7.15. The summed E-state index contributed by atoms with van der Waals surface area (Å²) in [7, 11) is 0. The number of aliphatic hydroxyl groups is 2. The van der Waals surface area contributed by atoms with Crippen LogP contribution in [0.1, 0.15) is 18.9 Å². The van der Waals surface area contributed by atoms with Crippen LogP contribution in [-0.2, 0) is 20.9 Å². The van der Waals surface area contributed by atoms with Crippen molar-refractivity contribution in [3.63, 3.8) is 0 Å². The monoisotopic (exact) mass is 638 g/mol. The van der Waals surface area contributed by atoms with Gasteiger partial charge >= 0.3 is 0 Å². The van der Waals surface area contributed by atoms with Gasteiger partial charge in [-0.1, -0.05) is 18.2 Å². The van der Waals surface area contributed by atoms with Crippen LogP contribution in [0.5, 0.6) is 17.2 Å². The number of amides is 2. The van der Waals surface area contributed by atoms with E-state index < -0.39 is 24.2 Å². The van der Waals surface area contributed by atoms with E-state index in [0.29, 0.717) is 29.4 Å². The molecular formula is C27H31IN2O8. The van der Waals surface area contributed by atoms with E-state index in [-0.39, 0.29) is 45.4 Å². The minimum Gasteiger partial charge on any atom is -0.482 e. The zero-order valence-electron chi connectivity index (χ0n) is 21.0. The highest BCUT2D eigenvalue weighted by Crippen LogP contribution is 2.34. The zero-order valence-corrected chi connectivity index (χ0v) is 23.1. The predicted octanol–water partition coefficient (Wildman–Crippen LogP) is 2.00. The number of ether oxygens (including phenoxy) is 4. The largest absolute Gasteiger partial charge is 0.482 e. The van der Waals surface area contributed by atoms with Crippen molar-refractivity contribution in [3.05, 3.63) is 63.2 Å². The van der Waals surface area contributed by atoms with Gasteiger partial charge in [-0.3, -0.25) is 9.59 Å². The molecule has 10 nitrogen and oxygen atoms in total. The summed E-state index contributed by atoms with van der Waals surface area (Å²) in [5, 5.41) is 23.3. The van der Waals surface area contributed by atoms with Gasteiger partial charge in [0.05, 0.1) is 16.2 Å². The van der Waals surface area contributed by atoms with Gasteiger partial charge in [0.15, 0.2) is 11.5 Å². The van der Waals surface area contributed by atoms with Crippen LogP contribution in [0.15, 0.2) is 54.1 Å². The molecule has 2 aromatic carbocycles. The maximum absolute atomic E-state index is 13.4. The zero-order chi connectivity index (χ0) is 27.1. The van der Waals surface area contributed by atoms with Crippen molar-refractivity contribution in [2.24, 2.45) is 0 Å². The average Bonchev–Trinajstić information content (AvgIpc) is 3.39. The molecule has 4 rings (SSSR count). The number of nitrogens with one attached hydrogen (secondary N) is 1. The lowest BCUT2D eigenvalue weighted by Gasteiger charge is -2.40. The molecule has 0 spiro atoms. The first-order valence-corrected chi connectivity index (χ1v) is 13.4. The van der Waals surface area contributed by atoms with Crippen molar-refractivity contribution < 1.29 is 38.7 Å². The van der Waals surface area contributed by atoms with Gasteiger partial charge in [0, 0.05) is 31.7 Å². The van der Waals surface area contributed by atoms with Crippen molar-refractivity contribution in [1.82, 2.24) is 10.2 Å². The number of carbonyl (C=O) groups is 2. The van der Waals surface area contributed by atoms with Crippen molar-refractivity contribution >= 4 is 34.4 Å². The molecule has 2 aliphatic rings. The number of hydrogen-bond donors (Lipinski definition) is 3. The van der Waals surface area contributed by atoms with Crippen LogP contribution < -0.4 is 19.5 Å². The highest BCUT2D eigenvalue weighted by atomic mass is 127. The molecule has 1 aliphatic heterocycles. The van der Waals surface area contributed by atoms with E-state index in [0.717, 1.165) is 9.13 Å². The number of para-hydroxylation sites is 1. The molecule has 1 aliphatic carbocycles. The normalized spacial score (nSPS) is 20.0. The van der Waals surface area contributed by atoms with Gasteiger partial charge in [-0.2, -0.15) is 0 Å². The average molecular weight is 638 g/mol. The standard InChI is InChI=1S/C27H31IN2O8/c1-2-35-15-25(32)30(14-17-7-8-22-23(11-17)37-16-36-22)20-12-18(27(34)29-9-10-31)13-24(26(20)33)38-21-6-4-3-5-19(21)28/h3-8,11,13,20,24,26,31,33H,2,9-10,12,14-16H2,1H3,(H,29,34)/t20-,24+,26+/m1/s1. The highest BCUT2D eigenvalue weighted by molar-refractivity contribution is 14.1. The Morgan fingerprint density at radius 1 is 1.18 bits per heavy atom. The van der Waals surface area contributed by atoms with Crippen LogP contribution in [0.2, 0.25) is 0 Å². The fourth-order valence-electron chi connectivity index (χ4n) is 4.37. The lowest BCUT2D eigenvalue weighted by Crippen LogP contribution is -2.55. The van der Waals surface area contributed by atoms with E-state index in [1.807, 2.05) is 24.3 Å². The summed E-state index contributed by atoms with van der Waals surface area (Å²) < 4.78 is 23.3. The van der Waals surface area contributed by atoms with E-state index in [9.17, 15) is 19.8 Å². The fourth-order valence-corrected chi connectivity index (χ4v) is 4.88. The third-order valence-electron chi connectivity index (χ3n) is 6.25. The maximum atomic E-state index is 13.4. The molecule has 0 saturated heterocycles. The summed E-state index contributed by atoms with van der Waals surface area (Å²) in [4.78, 5) is 27.9. The van der Waals surface area contributed by atoms with Crippen LogP contribution in [-0.4, -0.2) is 78.3 Å². The Labute approximate surface area is 234 Å². The number of fused-ring (bicyclic) bond motifs is 1. The number of aliphatic hydroxyl groups excluding tert-OH is 2. The molecule has 0 unspecified atom stereocenters. The second kappa shape index (κ2) is 13.3. The van der Waals surface area contributed by atoms with Crippen molar-refractivity contribution in [2.75, 3.05) is 33.2 Å². The van der Waals surface area contributed by atoms with Crippen LogP contribution in [0.4, 0.5) is 0 Å². The first-order chi connectivity index (χ1) is 18.4. The molecule has 204 valence electrons. The van der Waals surface area contributed by atoms with Gasteiger partial charge < -0.3 is 39.4 Å². The van der Waals surface area contributed by atoms with Gasteiger partial charge in [0.2, 0.25) is 18.6 Å². The lowest BCUT2D eigenvalue weighted by molar-refractivity contribution is -0.144. The summed E-state index contributed by atoms with van der Waals surface area (Å²) in [5.41, 5.74) is 1.12. The molecule has 3 atom stereocenters. The van der Waals surface area contributed by atoms with E-state index in [1.165, 1.54) is 4.90 Å². The molecular weight excluding hydrogens is 607 g/mol. The molecule has 11 heteroatoms. The number of nitrogens with zero attached hydrogens (tertiary/aromatic N) is 1. The second-order valence-corrected chi connectivity index (χ2v) is 9.95. The van der Waals surface area contributed by atoms with Gasteiger partial charge in [0.25, 0.3) is 0 Å². The van der Waals surface area contributed by atoms with Gasteiger partial charge in [0.1, 0.15) is 24.6 Å².